The zero-order valence-electron chi connectivity index (χ0n) is 16.5. The van der Waals surface area contributed by atoms with Gasteiger partial charge in [0.25, 0.3) is 0 Å². The van der Waals surface area contributed by atoms with Crippen LogP contribution in [0.5, 0.6) is 11.5 Å². The molecule has 1 saturated heterocycles. The molecule has 5 nitrogen and oxygen atoms in total. The molecule has 1 aliphatic heterocycles. The van der Waals surface area contributed by atoms with Gasteiger partial charge in [-0.2, -0.15) is 0 Å². The Morgan fingerprint density at radius 2 is 1.76 bits per heavy atom. The van der Waals surface area contributed by atoms with Crippen LogP contribution in [0.25, 0.3) is 6.08 Å². The fourth-order valence-corrected chi connectivity index (χ4v) is 3.73. The fraction of sp³-hybridized carbons (Fsp3) is 0.318. The van der Waals surface area contributed by atoms with Gasteiger partial charge in [-0.05, 0) is 29.8 Å². The summed E-state index contributed by atoms with van der Waals surface area (Å²) in [5, 5.41) is 1.11. The van der Waals surface area contributed by atoms with E-state index in [0.717, 1.165) is 24.3 Å². The quantitative estimate of drug-likeness (QED) is 0.656. The topological polar surface area (TPSA) is 42.0 Å². The number of carbonyl (C=O) groups is 1. The predicted molar refractivity (Wildman–Crippen MR) is 118 cm³/mol. The van der Waals surface area contributed by atoms with Crippen molar-refractivity contribution in [3.8, 4) is 11.5 Å². The van der Waals surface area contributed by atoms with Crippen LogP contribution in [0.2, 0.25) is 10.0 Å². The normalized spacial score (nSPS) is 14.3. The summed E-state index contributed by atoms with van der Waals surface area (Å²) in [5.74, 6) is 1.45. The lowest BCUT2D eigenvalue weighted by atomic mass is 10.1. The molecule has 1 amide bonds. The largest absolute Gasteiger partial charge is 0.493 e. The molecule has 2 aromatic rings. The SMILES string of the molecule is COc1ccc(/C=C/CC(=O)N2CCN(c3cccc(Cl)c3Cl)CC2)cc1OC. The van der Waals surface area contributed by atoms with Gasteiger partial charge < -0.3 is 19.3 Å². The summed E-state index contributed by atoms with van der Waals surface area (Å²) in [4.78, 5) is 16.6. The van der Waals surface area contributed by atoms with E-state index in [0.29, 0.717) is 41.1 Å². The summed E-state index contributed by atoms with van der Waals surface area (Å²) >= 11 is 12.4. The molecule has 154 valence electrons. The number of hydrogen-bond donors (Lipinski definition) is 0. The lowest BCUT2D eigenvalue weighted by molar-refractivity contribution is -0.130. The van der Waals surface area contributed by atoms with Crippen LogP contribution < -0.4 is 14.4 Å². The first-order valence-electron chi connectivity index (χ1n) is 9.38. The maximum absolute atomic E-state index is 12.5. The molecule has 0 radical (unpaired) electrons. The molecule has 1 fully saturated rings. The Bertz CT molecular complexity index is 894. The molecule has 0 N–H and O–H groups in total. The van der Waals surface area contributed by atoms with Crippen LogP contribution in [0.4, 0.5) is 5.69 Å². The molecular weight excluding hydrogens is 411 g/mol. The minimum absolute atomic E-state index is 0.110. The van der Waals surface area contributed by atoms with Gasteiger partial charge in [-0.1, -0.05) is 47.5 Å². The molecular formula is C22H24Cl2N2O3. The van der Waals surface area contributed by atoms with E-state index in [-0.39, 0.29) is 5.91 Å². The second-order valence-corrected chi connectivity index (χ2v) is 7.45. The van der Waals surface area contributed by atoms with Crippen molar-refractivity contribution in [2.24, 2.45) is 0 Å². The van der Waals surface area contributed by atoms with E-state index in [1.54, 1.807) is 20.3 Å². The van der Waals surface area contributed by atoms with Crippen molar-refractivity contribution >= 4 is 40.9 Å². The van der Waals surface area contributed by atoms with E-state index in [1.165, 1.54) is 0 Å². The summed E-state index contributed by atoms with van der Waals surface area (Å²) in [6, 6.07) is 11.3. The molecule has 1 aliphatic rings. The molecule has 0 atom stereocenters. The number of amides is 1. The highest BCUT2D eigenvalue weighted by Gasteiger charge is 2.22. The van der Waals surface area contributed by atoms with Crippen LogP contribution in [0.3, 0.4) is 0 Å². The van der Waals surface area contributed by atoms with Crippen molar-refractivity contribution in [2.75, 3.05) is 45.3 Å². The van der Waals surface area contributed by atoms with E-state index >= 15 is 0 Å². The van der Waals surface area contributed by atoms with E-state index < -0.39 is 0 Å². The molecule has 29 heavy (non-hydrogen) atoms. The van der Waals surface area contributed by atoms with Gasteiger partial charge in [0, 0.05) is 32.6 Å². The summed E-state index contributed by atoms with van der Waals surface area (Å²) in [6.07, 6.45) is 4.15. The molecule has 0 spiro atoms. The Hall–Kier alpha value is -2.37. The second kappa shape index (κ2) is 9.90. The first-order valence-corrected chi connectivity index (χ1v) is 10.1. The average Bonchev–Trinajstić information content (AvgIpc) is 2.75. The maximum Gasteiger partial charge on any atom is 0.226 e. The monoisotopic (exact) mass is 434 g/mol. The zero-order chi connectivity index (χ0) is 20.8. The lowest BCUT2D eigenvalue weighted by Gasteiger charge is -2.36. The number of rotatable bonds is 6. The second-order valence-electron chi connectivity index (χ2n) is 6.66. The van der Waals surface area contributed by atoms with Gasteiger partial charge >= 0.3 is 0 Å². The fourth-order valence-electron chi connectivity index (χ4n) is 3.31. The third-order valence-corrected chi connectivity index (χ3v) is 5.72. The number of ether oxygens (including phenoxy) is 2. The van der Waals surface area contributed by atoms with Crippen molar-refractivity contribution in [3.05, 3.63) is 58.1 Å². The molecule has 3 rings (SSSR count). The minimum Gasteiger partial charge on any atom is -0.493 e. The van der Waals surface area contributed by atoms with Gasteiger partial charge in [0.05, 0.1) is 30.0 Å². The molecule has 0 bridgehead atoms. The summed E-state index contributed by atoms with van der Waals surface area (Å²) in [6.45, 7) is 2.77. The van der Waals surface area contributed by atoms with Crippen molar-refractivity contribution in [2.45, 2.75) is 6.42 Å². The van der Waals surface area contributed by atoms with Crippen LogP contribution in [0, 0.1) is 0 Å². The lowest BCUT2D eigenvalue weighted by Crippen LogP contribution is -2.48. The number of piperazine rings is 1. The number of carbonyl (C=O) groups excluding carboxylic acids is 1. The number of benzene rings is 2. The number of anilines is 1. The van der Waals surface area contributed by atoms with Gasteiger partial charge in [0.1, 0.15) is 0 Å². The number of nitrogens with zero attached hydrogens (tertiary/aromatic N) is 2. The highest BCUT2D eigenvalue weighted by Crippen LogP contribution is 2.33. The Labute approximate surface area is 181 Å². The van der Waals surface area contributed by atoms with Crippen molar-refractivity contribution < 1.29 is 14.3 Å². The van der Waals surface area contributed by atoms with Gasteiger partial charge in [0.2, 0.25) is 5.91 Å². The molecule has 0 saturated carbocycles. The van der Waals surface area contributed by atoms with Crippen LogP contribution >= 0.6 is 23.2 Å². The van der Waals surface area contributed by atoms with Crippen LogP contribution in [-0.2, 0) is 4.79 Å². The Morgan fingerprint density at radius 3 is 2.45 bits per heavy atom. The minimum atomic E-state index is 0.110. The van der Waals surface area contributed by atoms with Gasteiger partial charge in [0.15, 0.2) is 11.5 Å². The molecule has 7 heteroatoms. The van der Waals surface area contributed by atoms with Gasteiger partial charge in [-0.25, -0.2) is 0 Å². The third-order valence-electron chi connectivity index (χ3n) is 4.91. The molecule has 2 aromatic carbocycles. The maximum atomic E-state index is 12.5. The van der Waals surface area contributed by atoms with Gasteiger partial charge in [-0.15, -0.1) is 0 Å². The van der Waals surface area contributed by atoms with E-state index in [1.807, 2.05) is 47.4 Å². The van der Waals surface area contributed by atoms with Crippen LogP contribution in [0.1, 0.15) is 12.0 Å². The molecule has 0 aromatic heterocycles. The first kappa shape index (κ1) is 21.3. The first-order chi connectivity index (χ1) is 14.0. The number of hydrogen-bond acceptors (Lipinski definition) is 4. The summed E-state index contributed by atoms with van der Waals surface area (Å²) < 4.78 is 10.5. The van der Waals surface area contributed by atoms with Crippen molar-refractivity contribution in [3.63, 3.8) is 0 Å². The van der Waals surface area contributed by atoms with Crippen LogP contribution in [-0.4, -0.2) is 51.2 Å². The highest BCUT2D eigenvalue weighted by atomic mass is 35.5. The number of halogens is 2. The Morgan fingerprint density at radius 1 is 1.03 bits per heavy atom. The highest BCUT2D eigenvalue weighted by molar-refractivity contribution is 6.43. The van der Waals surface area contributed by atoms with Crippen LogP contribution in [0.15, 0.2) is 42.5 Å². The molecule has 1 heterocycles. The predicted octanol–water partition coefficient (Wildman–Crippen LogP) is 4.76. The van der Waals surface area contributed by atoms with E-state index in [2.05, 4.69) is 4.90 Å². The molecule has 0 aliphatic carbocycles. The third kappa shape index (κ3) is 5.17. The molecule has 0 unspecified atom stereocenters. The summed E-state index contributed by atoms with van der Waals surface area (Å²) in [5.41, 5.74) is 1.87. The standard InChI is InChI=1S/C22H24Cl2N2O3/c1-28-19-10-9-16(15-20(19)29-2)5-3-8-21(27)26-13-11-25(12-14-26)18-7-4-6-17(23)22(18)24/h3-7,9-10,15H,8,11-14H2,1-2H3/b5-3+. The van der Waals surface area contributed by atoms with Crippen molar-refractivity contribution in [1.82, 2.24) is 4.90 Å². The summed E-state index contributed by atoms with van der Waals surface area (Å²) in [7, 11) is 3.21. The van der Waals surface area contributed by atoms with Gasteiger partial charge in [-0.3, -0.25) is 4.79 Å². The van der Waals surface area contributed by atoms with E-state index in [4.69, 9.17) is 32.7 Å². The van der Waals surface area contributed by atoms with E-state index in [9.17, 15) is 4.79 Å². The number of methoxy groups -OCH3 is 2. The zero-order valence-corrected chi connectivity index (χ0v) is 18.0. The Kier molecular flexibility index (Phi) is 7.29. The average molecular weight is 435 g/mol. The Balaban J connectivity index is 1.53. The van der Waals surface area contributed by atoms with Crippen molar-refractivity contribution in [1.29, 1.82) is 0 Å². The smallest absolute Gasteiger partial charge is 0.226 e.